The minimum absolute atomic E-state index is 0.0515. The van der Waals surface area contributed by atoms with E-state index in [0.29, 0.717) is 19.3 Å². The predicted octanol–water partition coefficient (Wildman–Crippen LogP) is 2.73. The van der Waals surface area contributed by atoms with E-state index in [1.807, 2.05) is 36.4 Å². The first kappa shape index (κ1) is 15.3. The van der Waals surface area contributed by atoms with Crippen molar-refractivity contribution in [3.05, 3.63) is 71.8 Å². The van der Waals surface area contributed by atoms with Gasteiger partial charge in [0.2, 0.25) is 5.91 Å². The number of rotatable bonds is 4. The number of amides is 1. The number of hydrogen-bond acceptors (Lipinski definition) is 2. The van der Waals surface area contributed by atoms with E-state index in [2.05, 4.69) is 24.3 Å². The highest BCUT2D eigenvalue weighted by atomic mass is 16.2. The minimum Gasteiger partial charge on any atom is -0.370 e. The van der Waals surface area contributed by atoms with Gasteiger partial charge in [-0.2, -0.15) is 0 Å². The molecule has 0 saturated carbocycles. The Balaban J connectivity index is 1.99. The third-order valence-corrected chi connectivity index (χ3v) is 4.52. The summed E-state index contributed by atoms with van der Waals surface area (Å²) in [5, 5.41) is 7.89. The fraction of sp³-hybridized carbons (Fsp3) is 0.263. The molecular weight excluding hydrogens is 286 g/mol. The molecule has 118 valence electrons. The lowest BCUT2D eigenvalue weighted by atomic mass is 9.82. The van der Waals surface area contributed by atoms with Gasteiger partial charge in [0.15, 0.2) is 5.96 Å². The number of carbonyl (C=O) groups excluding carboxylic acids is 1. The molecule has 0 radical (unpaired) electrons. The smallest absolute Gasteiger partial charge is 0.229 e. The highest BCUT2D eigenvalue weighted by Crippen LogP contribution is 2.36. The topological polar surface area (TPSA) is 70.2 Å². The second-order valence-electron chi connectivity index (χ2n) is 6.16. The van der Waals surface area contributed by atoms with E-state index in [4.69, 9.17) is 11.1 Å². The quantitative estimate of drug-likeness (QED) is 0.673. The van der Waals surface area contributed by atoms with Crippen molar-refractivity contribution in [2.24, 2.45) is 5.73 Å². The van der Waals surface area contributed by atoms with E-state index in [1.54, 1.807) is 0 Å². The molecule has 1 aliphatic heterocycles. The third kappa shape index (κ3) is 3.11. The molecule has 23 heavy (non-hydrogen) atoms. The summed E-state index contributed by atoms with van der Waals surface area (Å²) in [6.45, 7) is 0. The molecule has 1 fully saturated rings. The monoisotopic (exact) mass is 307 g/mol. The van der Waals surface area contributed by atoms with E-state index in [-0.39, 0.29) is 11.9 Å². The van der Waals surface area contributed by atoms with Gasteiger partial charge in [-0.25, -0.2) is 0 Å². The third-order valence-electron chi connectivity index (χ3n) is 4.52. The lowest BCUT2D eigenvalue weighted by Crippen LogP contribution is -2.54. The molecule has 0 aliphatic carbocycles. The highest BCUT2D eigenvalue weighted by Gasteiger charge is 2.46. The average Bonchev–Trinajstić information content (AvgIpc) is 2.85. The average molecular weight is 307 g/mol. The SMILES string of the molecule is N=C(N)N1C(=O)CCC1(Cc1ccccc1)Cc1ccccc1. The number of carbonyl (C=O) groups is 1. The summed E-state index contributed by atoms with van der Waals surface area (Å²) in [7, 11) is 0. The summed E-state index contributed by atoms with van der Waals surface area (Å²) in [6, 6.07) is 20.2. The molecule has 3 rings (SSSR count). The predicted molar refractivity (Wildman–Crippen MR) is 91.0 cm³/mol. The fourth-order valence-electron chi connectivity index (χ4n) is 3.57. The molecule has 0 bridgehead atoms. The van der Waals surface area contributed by atoms with Gasteiger partial charge in [0.25, 0.3) is 0 Å². The summed E-state index contributed by atoms with van der Waals surface area (Å²) in [5.41, 5.74) is 7.62. The van der Waals surface area contributed by atoms with E-state index < -0.39 is 5.54 Å². The van der Waals surface area contributed by atoms with Crippen molar-refractivity contribution in [2.45, 2.75) is 31.2 Å². The van der Waals surface area contributed by atoms with Gasteiger partial charge in [-0.3, -0.25) is 15.1 Å². The largest absolute Gasteiger partial charge is 0.370 e. The normalized spacial score (nSPS) is 16.5. The van der Waals surface area contributed by atoms with Gasteiger partial charge in [-0.1, -0.05) is 60.7 Å². The lowest BCUT2D eigenvalue weighted by molar-refractivity contribution is -0.126. The Kier molecular flexibility index (Phi) is 4.15. The second kappa shape index (κ2) is 6.24. The van der Waals surface area contributed by atoms with Crippen LogP contribution >= 0.6 is 0 Å². The molecule has 0 spiro atoms. The Morgan fingerprint density at radius 2 is 1.48 bits per heavy atom. The summed E-state index contributed by atoms with van der Waals surface area (Å²) >= 11 is 0. The number of likely N-dealkylation sites (tertiary alicyclic amines) is 1. The number of nitrogens with one attached hydrogen (secondary N) is 1. The minimum atomic E-state index is -0.453. The van der Waals surface area contributed by atoms with Crippen LogP contribution in [0, 0.1) is 5.41 Å². The molecule has 4 nitrogen and oxygen atoms in total. The molecule has 1 saturated heterocycles. The Morgan fingerprint density at radius 3 is 1.91 bits per heavy atom. The number of nitrogens with zero attached hydrogens (tertiary/aromatic N) is 1. The first-order valence-electron chi connectivity index (χ1n) is 7.86. The summed E-state index contributed by atoms with van der Waals surface area (Å²) in [6.07, 6.45) is 2.57. The maximum Gasteiger partial charge on any atom is 0.229 e. The lowest BCUT2D eigenvalue weighted by Gasteiger charge is -2.38. The summed E-state index contributed by atoms with van der Waals surface area (Å²) in [4.78, 5) is 13.8. The van der Waals surface area contributed by atoms with Crippen molar-refractivity contribution >= 4 is 11.9 Å². The van der Waals surface area contributed by atoms with Gasteiger partial charge in [-0.15, -0.1) is 0 Å². The van der Waals surface area contributed by atoms with E-state index in [1.165, 1.54) is 4.90 Å². The first-order valence-corrected chi connectivity index (χ1v) is 7.86. The van der Waals surface area contributed by atoms with Crippen molar-refractivity contribution < 1.29 is 4.79 Å². The molecule has 3 N–H and O–H groups in total. The van der Waals surface area contributed by atoms with Crippen molar-refractivity contribution in [3.8, 4) is 0 Å². The number of hydrogen-bond donors (Lipinski definition) is 2. The molecule has 2 aromatic rings. The molecule has 2 aromatic carbocycles. The van der Waals surface area contributed by atoms with E-state index in [9.17, 15) is 4.79 Å². The standard InChI is InChI=1S/C19H21N3O/c20-18(21)22-17(23)11-12-19(22,13-15-7-3-1-4-8-15)14-16-9-5-2-6-10-16/h1-10H,11-14H2,(H3,20,21). The zero-order chi connectivity index (χ0) is 16.3. The first-order chi connectivity index (χ1) is 11.1. The van der Waals surface area contributed by atoms with Crippen molar-refractivity contribution in [3.63, 3.8) is 0 Å². The Bertz CT molecular complexity index is 656. The molecule has 0 aromatic heterocycles. The van der Waals surface area contributed by atoms with Crippen LogP contribution in [-0.2, 0) is 17.6 Å². The van der Waals surface area contributed by atoms with Crippen molar-refractivity contribution in [1.82, 2.24) is 4.90 Å². The van der Waals surface area contributed by atoms with Crippen LogP contribution in [0.5, 0.6) is 0 Å². The summed E-state index contributed by atoms with van der Waals surface area (Å²) < 4.78 is 0. The van der Waals surface area contributed by atoms with Gasteiger partial charge in [0.1, 0.15) is 0 Å². The van der Waals surface area contributed by atoms with Crippen LogP contribution < -0.4 is 5.73 Å². The van der Waals surface area contributed by atoms with Gasteiger partial charge in [-0.05, 0) is 30.4 Å². The van der Waals surface area contributed by atoms with Crippen LogP contribution in [0.25, 0.3) is 0 Å². The zero-order valence-electron chi connectivity index (χ0n) is 13.0. The molecule has 1 heterocycles. The number of nitrogens with two attached hydrogens (primary N) is 1. The molecule has 1 amide bonds. The molecule has 1 aliphatic rings. The van der Waals surface area contributed by atoms with Crippen molar-refractivity contribution in [1.29, 1.82) is 5.41 Å². The maximum absolute atomic E-state index is 12.3. The highest BCUT2D eigenvalue weighted by molar-refractivity contribution is 5.97. The Morgan fingerprint density at radius 1 is 1.00 bits per heavy atom. The molecule has 4 heteroatoms. The van der Waals surface area contributed by atoms with E-state index >= 15 is 0 Å². The fourth-order valence-corrected chi connectivity index (χ4v) is 3.57. The van der Waals surface area contributed by atoms with Gasteiger partial charge in [0.05, 0.1) is 5.54 Å². The maximum atomic E-state index is 12.3. The van der Waals surface area contributed by atoms with Crippen LogP contribution in [0.3, 0.4) is 0 Å². The van der Waals surface area contributed by atoms with Gasteiger partial charge >= 0.3 is 0 Å². The van der Waals surface area contributed by atoms with Crippen molar-refractivity contribution in [2.75, 3.05) is 0 Å². The number of guanidine groups is 1. The Labute approximate surface area is 136 Å². The number of benzene rings is 2. The Hall–Kier alpha value is -2.62. The molecule has 0 unspecified atom stereocenters. The summed E-state index contributed by atoms with van der Waals surface area (Å²) in [5.74, 6) is -0.205. The van der Waals surface area contributed by atoms with E-state index in [0.717, 1.165) is 17.5 Å². The van der Waals surface area contributed by atoms with Crippen LogP contribution in [0.2, 0.25) is 0 Å². The van der Waals surface area contributed by atoms with Crippen LogP contribution in [0.15, 0.2) is 60.7 Å². The van der Waals surface area contributed by atoms with Gasteiger partial charge in [0, 0.05) is 6.42 Å². The zero-order valence-corrected chi connectivity index (χ0v) is 13.0. The van der Waals surface area contributed by atoms with Gasteiger partial charge < -0.3 is 5.73 Å². The molecular formula is C19H21N3O. The van der Waals surface area contributed by atoms with Crippen LogP contribution in [0.4, 0.5) is 0 Å². The second-order valence-corrected chi connectivity index (χ2v) is 6.16. The van der Waals surface area contributed by atoms with Crippen LogP contribution in [0.1, 0.15) is 24.0 Å². The molecule has 0 atom stereocenters. The van der Waals surface area contributed by atoms with Crippen LogP contribution in [-0.4, -0.2) is 22.3 Å².